The Hall–Kier alpha value is -2.72. The lowest BCUT2D eigenvalue weighted by atomic mass is 9.99. The lowest BCUT2D eigenvalue weighted by Gasteiger charge is -2.30. The van der Waals surface area contributed by atoms with Crippen LogP contribution in [-0.2, 0) is 16.2 Å². The first-order valence-electron chi connectivity index (χ1n) is 9.72. The van der Waals surface area contributed by atoms with Crippen molar-refractivity contribution in [1.82, 2.24) is 14.4 Å². The van der Waals surface area contributed by atoms with Crippen LogP contribution in [0.5, 0.6) is 0 Å². The summed E-state index contributed by atoms with van der Waals surface area (Å²) < 4.78 is 70.9. The second-order valence-electron chi connectivity index (χ2n) is 7.55. The standard InChI is InChI=1S/C21H20F3N3O3S/c1-14-4-6-15(7-5-14)20-25-19(26-30-20)16-3-2-12-27(13-16)31(28,29)18-10-8-17(9-11-18)21(22,23)24/h4-11,16H,2-3,12-13H2,1H3/t16-/m0/s1. The van der Waals surface area contributed by atoms with Crippen molar-refractivity contribution < 1.29 is 26.1 Å². The van der Waals surface area contributed by atoms with E-state index in [9.17, 15) is 21.6 Å². The molecule has 0 amide bonds. The Morgan fingerprint density at radius 2 is 1.74 bits per heavy atom. The zero-order valence-corrected chi connectivity index (χ0v) is 17.4. The third kappa shape index (κ3) is 4.49. The topological polar surface area (TPSA) is 76.3 Å². The summed E-state index contributed by atoms with van der Waals surface area (Å²) in [6.45, 7) is 2.38. The van der Waals surface area contributed by atoms with Crippen LogP contribution in [0.4, 0.5) is 13.2 Å². The molecule has 1 atom stereocenters. The molecule has 0 N–H and O–H groups in total. The smallest absolute Gasteiger partial charge is 0.334 e. The summed E-state index contributed by atoms with van der Waals surface area (Å²) in [5.74, 6) is 0.515. The number of sulfonamides is 1. The summed E-state index contributed by atoms with van der Waals surface area (Å²) in [6, 6.07) is 11.1. The molecule has 1 fully saturated rings. The molecule has 0 aliphatic carbocycles. The first-order chi connectivity index (χ1) is 14.6. The van der Waals surface area contributed by atoms with Crippen molar-refractivity contribution >= 4 is 10.0 Å². The van der Waals surface area contributed by atoms with Gasteiger partial charge in [0.05, 0.1) is 10.5 Å². The number of aryl methyl sites for hydroxylation is 1. The SMILES string of the molecule is Cc1ccc(-c2nc([C@H]3CCCN(S(=O)(=O)c4ccc(C(F)(F)F)cc4)C3)no2)cc1. The van der Waals surface area contributed by atoms with Crippen LogP contribution >= 0.6 is 0 Å². The third-order valence-electron chi connectivity index (χ3n) is 5.31. The van der Waals surface area contributed by atoms with Gasteiger partial charge in [-0.1, -0.05) is 22.9 Å². The van der Waals surface area contributed by atoms with Crippen molar-refractivity contribution in [3.8, 4) is 11.5 Å². The Balaban J connectivity index is 1.52. The van der Waals surface area contributed by atoms with E-state index in [0.29, 0.717) is 24.6 Å². The van der Waals surface area contributed by atoms with Gasteiger partial charge in [0.25, 0.3) is 5.89 Å². The van der Waals surface area contributed by atoms with Crippen LogP contribution in [-0.4, -0.2) is 36.0 Å². The maximum atomic E-state index is 13.0. The van der Waals surface area contributed by atoms with Crippen molar-refractivity contribution in [2.75, 3.05) is 13.1 Å². The number of hydrogen-bond acceptors (Lipinski definition) is 5. The monoisotopic (exact) mass is 451 g/mol. The minimum absolute atomic E-state index is 0.135. The van der Waals surface area contributed by atoms with Gasteiger partial charge in [-0.3, -0.25) is 0 Å². The predicted molar refractivity (Wildman–Crippen MR) is 107 cm³/mol. The van der Waals surface area contributed by atoms with Crippen LogP contribution in [0.3, 0.4) is 0 Å². The number of benzene rings is 2. The van der Waals surface area contributed by atoms with Crippen molar-refractivity contribution in [3.63, 3.8) is 0 Å². The molecule has 0 unspecified atom stereocenters. The molecular weight excluding hydrogens is 431 g/mol. The molecule has 1 saturated heterocycles. The van der Waals surface area contributed by atoms with Gasteiger partial charge < -0.3 is 4.52 Å². The van der Waals surface area contributed by atoms with Crippen LogP contribution < -0.4 is 0 Å². The van der Waals surface area contributed by atoms with Crippen molar-refractivity contribution in [2.45, 2.75) is 36.8 Å². The molecule has 3 aromatic rings. The molecule has 1 aliphatic rings. The molecule has 0 spiro atoms. The summed E-state index contributed by atoms with van der Waals surface area (Å²) in [7, 11) is -3.94. The Kier molecular flexibility index (Phi) is 5.61. The van der Waals surface area contributed by atoms with E-state index < -0.39 is 21.8 Å². The van der Waals surface area contributed by atoms with E-state index in [-0.39, 0.29) is 23.9 Å². The maximum absolute atomic E-state index is 13.0. The Bertz CT molecular complexity index is 1160. The summed E-state index contributed by atoms with van der Waals surface area (Å²) in [5, 5.41) is 4.03. The second kappa shape index (κ2) is 8.08. The fourth-order valence-electron chi connectivity index (χ4n) is 3.55. The fourth-order valence-corrected chi connectivity index (χ4v) is 5.07. The van der Waals surface area contributed by atoms with Crippen LogP contribution in [0.1, 0.15) is 35.7 Å². The van der Waals surface area contributed by atoms with Gasteiger partial charge in [-0.25, -0.2) is 8.42 Å². The van der Waals surface area contributed by atoms with Crippen molar-refractivity contribution in [3.05, 3.63) is 65.5 Å². The van der Waals surface area contributed by atoms with Gasteiger partial charge in [-0.15, -0.1) is 0 Å². The Morgan fingerprint density at radius 1 is 1.06 bits per heavy atom. The quantitative estimate of drug-likeness (QED) is 0.578. The molecule has 0 saturated carbocycles. The van der Waals surface area contributed by atoms with Gasteiger partial charge in [-0.2, -0.15) is 22.5 Å². The molecule has 0 radical (unpaired) electrons. The maximum Gasteiger partial charge on any atom is 0.416 e. The molecule has 164 valence electrons. The highest BCUT2D eigenvalue weighted by Gasteiger charge is 2.34. The second-order valence-corrected chi connectivity index (χ2v) is 9.49. The van der Waals surface area contributed by atoms with Crippen LogP contribution in [0.2, 0.25) is 0 Å². The molecule has 6 nitrogen and oxygen atoms in total. The molecule has 1 aromatic heterocycles. The zero-order valence-electron chi connectivity index (χ0n) is 16.6. The molecule has 31 heavy (non-hydrogen) atoms. The summed E-state index contributed by atoms with van der Waals surface area (Å²) in [4.78, 5) is 4.27. The average molecular weight is 451 g/mol. The van der Waals surface area contributed by atoms with Gasteiger partial charge in [0.1, 0.15) is 0 Å². The highest BCUT2D eigenvalue weighted by atomic mass is 32.2. The summed E-state index contributed by atoms with van der Waals surface area (Å²) in [6.07, 6.45) is -3.25. The van der Waals surface area contributed by atoms with E-state index in [1.54, 1.807) is 0 Å². The van der Waals surface area contributed by atoms with Crippen molar-refractivity contribution in [2.24, 2.45) is 0 Å². The Morgan fingerprint density at radius 3 is 2.39 bits per heavy atom. The van der Waals surface area contributed by atoms with E-state index in [4.69, 9.17) is 4.52 Å². The van der Waals surface area contributed by atoms with Gasteiger partial charge in [0.2, 0.25) is 10.0 Å². The van der Waals surface area contributed by atoms with Crippen LogP contribution in [0.25, 0.3) is 11.5 Å². The first kappa shape index (κ1) is 21.5. The highest BCUT2D eigenvalue weighted by molar-refractivity contribution is 7.89. The molecule has 2 heterocycles. The molecule has 0 bridgehead atoms. The van der Waals surface area contributed by atoms with E-state index in [1.165, 1.54) is 4.31 Å². The highest BCUT2D eigenvalue weighted by Crippen LogP contribution is 2.32. The average Bonchev–Trinajstić information content (AvgIpc) is 3.24. The number of rotatable bonds is 4. The van der Waals surface area contributed by atoms with Gasteiger partial charge in [-0.05, 0) is 56.2 Å². The minimum atomic E-state index is -4.52. The number of piperidine rings is 1. The van der Waals surface area contributed by atoms with Crippen LogP contribution in [0.15, 0.2) is 57.9 Å². The Labute approximate surface area is 177 Å². The third-order valence-corrected chi connectivity index (χ3v) is 7.19. The minimum Gasteiger partial charge on any atom is -0.334 e. The van der Waals surface area contributed by atoms with Gasteiger partial charge >= 0.3 is 6.18 Å². The summed E-state index contributed by atoms with van der Waals surface area (Å²) >= 11 is 0. The van der Waals surface area contributed by atoms with E-state index in [2.05, 4.69) is 10.1 Å². The number of halogens is 3. The molecule has 1 aliphatic heterocycles. The number of alkyl halides is 3. The number of aromatic nitrogens is 2. The van der Waals surface area contributed by atoms with Gasteiger partial charge in [0, 0.05) is 24.6 Å². The predicted octanol–water partition coefficient (Wildman–Crippen LogP) is 4.63. The molecular formula is C21H20F3N3O3S. The zero-order chi connectivity index (χ0) is 22.2. The molecule has 2 aromatic carbocycles. The largest absolute Gasteiger partial charge is 0.416 e. The molecule has 4 rings (SSSR count). The normalized spacial score (nSPS) is 18.3. The van der Waals surface area contributed by atoms with E-state index in [0.717, 1.165) is 35.4 Å². The van der Waals surface area contributed by atoms with Crippen LogP contribution in [0, 0.1) is 6.92 Å². The van der Waals surface area contributed by atoms with E-state index in [1.807, 2.05) is 31.2 Å². The molecule has 10 heteroatoms. The van der Waals surface area contributed by atoms with Gasteiger partial charge in [0.15, 0.2) is 5.82 Å². The van der Waals surface area contributed by atoms with E-state index >= 15 is 0 Å². The van der Waals surface area contributed by atoms with Crippen molar-refractivity contribution in [1.29, 1.82) is 0 Å². The fraction of sp³-hybridized carbons (Fsp3) is 0.333. The first-order valence-corrected chi connectivity index (χ1v) is 11.2. The lowest BCUT2D eigenvalue weighted by molar-refractivity contribution is -0.137. The number of hydrogen-bond donors (Lipinski definition) is 0. The number of nitrogens with zero attached hydrogens (tertiary/aromatic N) is 3. The lowest BCUT2D eigenvalue weighted by Crippen LogP contribution is -2.39. The summed E-state index contributed by atoms with van der Waals surface area (Å²) in [5.41, 5.74) is 0.979.